The molecule has 0 spiro atoms. The van der Waals surface area contributed by atoms with Crippen LogP contribution in [0.25, 0.3) is 0 Å². The zero-order valence-electron chi connectivity index (χ0n) is 34.3. The normalized spacial score (nSPS) is 12.3. The van der Waals surface area contributed by atoms with Gasteiger partial charge in [0.15, 0.2) is 0 Å². The van der Waals surface area contributed by atoms with Crippen molar-refractivity contribution < 1.29 is 24.2 Å². The first-order valence-corrected chi connectivity index (χ1v) is 22.6. The van der Waals surface area contributed by atoms with E-state index in [0.29, 0.717) is 19.3 Å². The average molecular weight is 709 g/mol. The maximum absolute atomic E-state index is 13.0. The molecule has 0 amide bonds. The van der Waals surface area contributed by atoms with Gasteiger partial charge in [0.2, 0.25) is 0 Å². The Morgan fingerprint density at radius 2 is 0.640 bits per heavy atom. The number of hydrogen-bond acceptors (Lipinski definition) is 5. The summed E-state index contributed by atoms with van der Waals surface area (Å²) in [6.45, 7) is 8.51. The van der Waals surface area contributed by atoms with E-state index in [1.807, 2.05) is 6.92 Å². The van der Waals surface area contributed by atoms with Crippen molar-refractivity contribution in [3.8, 4) is 0 Å². The predicted octanol–water partition coefficient (Wildman–Crippen LogP) is 14.6. The highest BCUT2D eigenvalue weighted by Crippen LogP contribution is 2.29. The zero-order chi connectivity index (χ0) is 36.8. The van der Waals surface area contributed by atoms with Gasteiger partial charge in [0.05, 0.1) is 0 Å². The molecule has 0 saturated heterocycles. The van der Waals surface area contributed by atoms with E-state index in [0.717, 1.165) is 57.8 Å². The van der Waals surface area contributed by atoms with Crippen LogP contribution < -0.4 is 0 Å². The Kier molecular flexibility index (Phi) is 36.8. The monoisotopic (exact) mass is 709 g/mol. The molecule has 0 rings (SSSR count). The molecule has 0 radical (unpaired) electrons. The third kappa shape index (κ3) is 30.5. The molecule has 0 bridgehead atoms. The summed E-state index contributed by atoms with van der Waals surface area (Å²) in [6, 6.07) is 0. The smallest absolute Gasteiger partial charge is 0.309 e. The fourth-order valence-corrected chi connectivity index (χ4v) is 7.11. The molecule has 298 valence electrons. The Labute approximate surface area is 312 Å². The number of ether oxygens (including phenoxy) is 2. The Morgan fingerprint density at radius 1 is 0.400 bits per heavy atom. The van der Waals surface area contributed by atoms with E-state index in [9.17, 15) is 14.7 Å². The van der Waals surface area contributed by atoms with Crippen LogP contribution in [0.4, 0.5) is 0 Å². The lowest BCUT2D eigenvalue weighted by atomic mass is 10.00. The fraction of sp³-hybridized carbons (Fsp3) is 0.956. The van der Waals surface area contributed by atoms with Gasteiger partial charge in [0, 0.05) is 19.3 Å². The minimum absolute atomic E-state index is 0.259. The average Bonchev–Trinajstić information content (AvgIpc) is 3.11. The minimum Gasteiger partial charge on any atom is -0.420 e. The second-order valence-electron chi connectivity index (χ2n) is 15.5. The number of unbranched alkanes of at least 4 members (excludes halogenated alkanes) is 30. The standard InChI is InChI=1S/C45H88O5/c1-5-9-12-14-16-18-20-22-24-26-28-30-32-34-37-40-43(47)49-45(8-4,42(46)39-36-11-7-3)50-44(48)41-38-35-33-31-29-27-25-23-21-19-17-15-13-10-6-2/h42,46H,5-41H2,1-4H3. The van der Waals surface area contributed by atoms with E-state index in [4.69, 9.17) is 9.47 Å². The van der Waals surface area contributed by atoms with E-state index in [1.165, 1.54) is 154 Å². The zero-order valence-corrected chi connectivity index (χ0v) is 34.3. The van der Waals surface area contributed by atoms with Crippen molar-refractivity contribution in [2.24, 2.45) is 0 Å². The van der Waals surface area contributed by atoms with Gasteiger partial charge in [-0.3, -0.25) is 9.59 Å². The maximum atomic E-state index is 13.0. The van der Waals surface area contributed by atoms with Crippen LogP contribution in [-0.2, 0) is 19.1 Å². The van der Waals surface area contributed by atoms with E-state index < -0.39 is 11.9 Å². The van der Waals surface area contributed by atoms with Gasteiger partial charge in [0.25, 0.3) is 5.79 Å². The Bertz CT molecular complexity index is 674. The summed E-state index contributed by atoms with van der Waals surface area (Å²) in [7, 11) is 0. The maximum Gasteiger partial charge on any atom is 0.309 e. The van der Waals surface area contributed by atoms with Gasteiger partial charge < -0.3 is 14.6 Å². The van der Waals surface area contributed by atoms with Crippen LogP contribution in [0.3, 0.4) is 0 Å². The summed E-state index contributed by atoms with van der Waals surface area (Å²) in [4.78, 5) is 25.9. The number of hydrogen-bond donors (Lipinski definition) is 1. The summed E-state index contributed by atoms with van der Waals surface area (Å²) >= 11 is 0. The molecular weight excluding hydrogens is 620 g/mol. The lowest BCUT2D eigenvalue weighted by Crippen LogP contribution is -2.49. The topological polar surface area (TPSA) is 72.8 Å². The van der Waals surface area contributed by atoms with Crippen molar-refractivity contribution >= 4 is 11.9 Å². The van der Waals surface area contributed by atoms with Crippen LogP contribution in [0.2, 0.25) is 0 Å². The number of carbonyl (C=O) groups is 2. The summed E-state index contributed by atoms with van der Waals surface area (Å²) in [5, 5.41) is 11.1. The van der Waals surface area contributed by atoms with Gasteiger partial charge in [-0.25, -0.2) is 0 Å². The van der Waals surface area contributed by atoms with Crippen LogP contribution >= 0.6 is 0 Å². The molecule has 0 heterocycles. The predicted molar refractivity (Wildman–Crippen MR) is 214 cm³/mol. The van der Waals surface area contributed by atoms with E-state index >= 15 is 0 Å². The highest BCUT2D eigenvalue weighted by Gasteiger charge is 2.44. The molecular formula is C45H88O5. The number of aliphatic hydroxyl groups is 1. The Morgan fingerprint density at radius 3 is 0.900 bits per heavy atom. The van der Waals surface area contributed by atoms with Crippen molar-refractivity contribution in [1.29, 1.82) is 0 Å². The summed E-state index contributed by atoms with van der Waals surface area (Å²) in [5.41, 5.74) is 0. The van der Waals surface area contributed by atoms with Crippen LogP contribution in [0.1, 0.15) is 265 Å². The Balaban J connectivity index is 4.25. The van der Waals surface area contributed by atoms with Crippen LogP contribution in [0.5, 0.6) is 0 Å². The molecule has 0 aliphatic carbocycles. The van der Waals surface area contributed by atoms with E-state index in [2.05, 4.69) is 20.8 Å². The third-order valence-electron chi connectivity index (χ3n) is 10.6. The second kappa shape index (κ2) is 37.7. The molecule has 0 aliphatic heterocycles. The van der Waals surface area contributed by atoms with Gasteiger partial charge in [-0.15, -0.1) is 0 Å². The molecule has 5 nitrogen and oxygen atoms in total. The van der Waals surface area contributed by atoms with Crippen LogP contribution in [-0.4, -0.2) is 28.9 Å². The molecule has 0 aliphatic rings. The molecule has 0 aromatic heterocycles. The first kappa shape index (κ1) is 48.9. The molecule has 1 unspecified atom stereocenters. The first-order valence-electron chi connectivity index (χ1n) is 22.6. The van der Waals surface area contributed by atoms with Crippen molar-refractivity contribution in [2.45, 2.75) is 277 Å². The van der Waals surface area contributed by atoms with Gasteiger partial charge in [0.1, 0.15) is 6.10 Å². The largest absolute Gasteiger partial charge is 0.420 e. The third-order valence-corrected chi connectivity index (χ3v) is 10.6. The molecule has 5 heteroatoms. The van der Waals surface area contributed by atoms with Crippen molar-refractivity contribution in [3.05, 3.63) is 0 Å². The second-order valence-corrected chi connectivity index (χ2v) is 15.5. The lowest BCUT2D eigenvalue weighted by Gasteiger charge is -2.36. The van der Waals surface area contributed by atoms with E-state index in [1.54, 1.807) is 0 Å². The van der Waals surface area contributed by atoms with Gasteiger partial charge in [-0.05, 0) is 19.3 Å². The van der Waals surface area contributed by atoms with Gasteiger partial charge >= 0.3 is 11.9 Å². The summed E-state index contributed by atoms with van der Waals surface area (Å²) < 4.78 is 11.7. The molecule has 50 heavy (non-hydrogen) atoms. The quantitative estimate of drug-likeness (QED) is 0.0390. The number of aliphatic hydroxyl groups excluding tert-OH is 1. The molecule has 0 saturated carbocycles. The number of rotatable bonds is 40. The van der Waals surface area contributed by atoms with Crippen LogP contribution in [0, 0.1) is 0 Å². The van der Waals surface area contributed by atoms with Crippen molar-refractivity contribution in [2.75, 3.05) is 0 Å². The number of carbonyl (C=O) groups excluding carboxylic acids is 2. The SMILES string of the molecule is CCCCCCCCCCCCCCCCCC(=O)OC(CC)(OC(=O)CCCCCCCCCCCCCCCCC)C(O)CCCCC. The molecule has 0 aromatic carbocycles. The molecule has 0 aromatic rings. The highest BCUT2D eigenvalue weighted by molar-refractivity contribution is 5.72. The highest BCUT2D eigenvalue weighted by atomic mass is 16.7. The van der Waals surface area contributed by atoms with Gasteiger partial charge in [-0.2, -0.15) is 0 Å². The lowest BCUT2D eigenvalue weighted by molar-refractivity contribution is -0.264. The van der Waals surface area contributed by atoms with Gasteiger partial charge in [-0.1, -0.05) is 227 Å². The fourth-order valence-electron chi connectivity index (χ4n) is 7.11. The van der Waals surface area contributed by atoms with E-state index in [-0.39, 0.29) is 18.4 Å². The molecule has 0 fully saturated rings. The van der Waals surface area contributed by atoms with Crippen molar-refractivity contribution in [1.82, 2.24) is 0 Å². The summed E-state index contributed by atoms with van der Waals surface area (Å²) in [6.07, 6.45) is 41.4. The van der Waals surface area contributed by atoms with Crippen molar-refractivity contribution in [3.63, 3.8) is 0 Å². The number of esters is 2. The molecule has 1 atom stereocenters. The Hall–Kier alpha value is -1.10. The molecule has 1 N–H and O–H groups in total. The minimum atomic E-state index is -1.58. The summed E-state index contributed by atoms with van der Waals surface area (Å²) in [5.74, 6) is -2.31. The van der Waals surface area contributed by atoms with Crippen LogP contribution in [0.15, 0.2) is 0 Å². The first-order chi connectivity index (χ1) is 24.5.